The number of carbonyl (C=O) groups is 1. The van der Waals surface area contributed by atoms with Gasteiger partial charge in [-0.15, -0.1) is 0 Å². The summed E-state index contributed by atoms with van der Waals surface area (Å²) in [5, 5.41) is 13.2. The van der Waals surface area contributed by atoms with Crippen LogP contribution in [0.4, 0.5) is 11.4 Å². The van der Waals surface area contributed by atoms with Gasteiger partial charge < -0.3 is 15.8 Å². The van der Waals surface area contributed by atoms with E-state index in [0.29, 0.717) is 6.54 Å². The van der Waals surface area contributed by atoms with Gasteiger partial charge in [-0.25, -0.2) is 0 Å². The smallest absolute Gasteiger partial charge is 0.292 e. The van der Waals surface area contributed by atoms with E-state index < -0.39 is 10.8 Å². The molecule has 0 aliphatic heterocycles. The first-order valence-corrected chi connectivity index (χ1v) is 5.37. The molecule has 0 radical (unpaired) electrons. The number of hydrogen-bond donors (Lipinski definition) is 2. The summed E-state index contributed by atoms with van der Waals surface area (Å²) in [5.41, 5.74) is 6.05. The number of hydrogen-bond acceptors (Lipinski definition) is 5. The molecular weight excluding hydrogens is 238 g/mol. The molecule has 0 aromatic heterocycles. The molecule has 7 nitrogen and oxygen atoms in total. The van der Waals surface area contributed by atoms with E-state index in [4.69, 9.17) is 10.5 Å². The number of nitro benzene ring substituents is 1. The lowest BCUT2D eigenvalue weighted by atomic mass is 10.2. The lowest BCUT2D eigenvalue weighted by molar-refractivity contribution is -0.383. The Hall–Kier alpha value is -1.99. The van der Waals surface area contributed by atoms with Crippen LogP contribution < -0.4 is 11.1 Å². The normalized spacial score (nSPS) is 10.1. The first kappa shape index (κ1) is 14.1. The van der Waals surface area contributed by atoms with Crippen molar-refractivity contribution in [2.24, 2.45) is 5.73 Å². The zero-order valence-corrected chi connectivity index (χ0v) is 10.0. The van der Waals surface area contributed by atoms with Gasteiger partial charge in [-0.1, -0.05) is 6.07 Å². The van der Waals surface area contributed by atoms with E-state index in [0.717, 1.165) is 5.56 Å². The minimum Gasteiger partial charge on any atom is -0.370 e. The molecule has 0 bridgehead atoms. The summed E-state index contributed by atoms with van der Waals surface area (Å²) in [6.45, 7) is 2.19. The predicted molar refractivity (Wildman–Crippen MR) is 66.3 cm³/mol. The topological polar surface area (TPSA) is 107 Å². The summed E-state index contributed by atoms with van der Waals surface area (Å²) in [6.07, 6.45) is 0. The first-order chi connectivity index (χ1) is 8.54. The molecule has 3 N–H and O–H groups in total. The maximum Gasteiger partial charge on any atom is 0.292 e. The molecule has 0 fully saturated rings. The molecule has 0 atom stereocenters. The van der Waals surface area contributed by atoms with Crippen molar-refractivity contribution in [2.45, 2.75) is 6.92 Å². The van der Waals surface area contributed by atoms with Crippen molar-refractivity contribution in [2.75, 3.05) is 25.1 Å². The van der Waals surface area contributed by atoms with Crippen LogP contribution in [0.25, 0.3) is 0 Å². The van der Waals surface area contributed by atoms with Gasteiger partial charge in [0.05, 0.1) is 11.5 Å². The Labute approximate surface area is 104 Å². The molecule has 0 spiro atoms. The SMILES string of the molecule is Cc1ccc([N+](=O)[O-])c(NC(=O)COCCN)c1. The maximum atomic E-state index is 11.5. The van der Waals surface area contributed by atoms with Crippen LogP contribution in [0.15, 0.2) is 18.2 Å². The highest BCUT2D eigenvalue weighted by molar-refractivity contribution is 5.94. The van der Waals surface area contributed by atoms with Gasteiger partial charge >= 0.3 is 0 Å². The third-order valence-electron chi connectivity index (χ3n) is 2.12. The molecule has 7 heteroatoms. The van der Waals surface area contributed by atoms with Crippen LogP contribution in [0.3, 0.4) is 0 Å². The molecule has 0 saturated heterocycles. The monoisotopic (exact) mass is 253 g/mol. The standard InChI is InChI=1S/C11H15N3O4/c1-8-2-3-10(14(16)17)9(6-8)13-11(15)7-18-5-4-12/h2-3,6H,4-5,7,12H2,1H3,(H,13,15). The van der Waals surface area contributed by atoms with E-state index in [1.807, 2.05) is 0 Å². The van der Waals surface area contributed by atoms with Gasteiger partial charge in [0.2, 0.25) is 0 Å². The Morgan fingerprint density at radius 3 is 2.89 bits per heavy atom. The number of ether oxygens (including phenoxy) is 1. The number of nitro groups is 1. The molecule has 1 amide bonds. The quantitative estimate of drug-likeness (QED) is 0.443. The molecule has 0 aliphatic rings. The van der Waals surface area contributed by atoms with E-state index in [9.17, 15) is 14.9 Å². The van der Waals surface area contributed by atoms with Gasteiger partial charge in [0, 0.05) is 12.6 Å². The Morgan fingerprint density at radius 2 is 2.28 bits per heavy atom. The molecule has 0 aliphatic carbocycles. The summed E-state index contributed by atoms with van der Waals surface area (Å²) < 4.78 is 4.94. The van der Waals surface area contributed by atoms with Crippen molar-refractivity contribution in [1.29, 1.82) is 0 Å². The highest BCUT2D eigenvalue weighted by Gasteiger charge is 2.15. The highest BCUT2D eigenvalue weighted by atomic mass is 16.6. The zero-order valence-electron chi connectivity index (χ0n) is 10.0. The van der Waals surface area contributed by atoms with Crippen molar-refractivity contribution >= 4 is 17.3 Å². The van der Waals surface area contributed by atoms with Crippen LogP contribution in [-0.2, 0) is 9.53 Å². The summed E-state index contributed by atoms with van der Waals surface area (Å²) in [6, 6.07) is 4.50. The van der Waals surface area contributed by atoms with E-state index >= 15 is 0 Å². The number of amides is 1. The van der Waals surface area contributed by atoms with Crippen molar-refractivity contribution in [3.8, 4) is 0 Å². The van der Waals surface area contributed by atoms with Crippen LogP contribution in [0.5, 0.6) is 0 Å². The second-order valence-electron chi connectivity index (χ2n) is 3.67. The zero-order chi connectivity index (χ0) is 13.5. The third kappa shape index (κ3) is 4.11. The van der Waals surface area contributed by atoms with Crippen molar-refractivity contribution in [3.05, 3.63) is 33.9 Å². The van der Waals surface area contributed by atoms with Gasteiger partial charge in [0.1, 0.15) is 12.3 Å². The van der Waals surface area contributed by atoms with Gasteiger partial charge in [-0.2, -0.15) is 0 Å². The van der Waals surface area contributed by atoms with Crippen LogP contribution in [-0.4, -0.2) is 30.6 Å². The second-order valence-corrected chi connectivity index (χ2v) is 3.67. The van der Waals surface area contributed by atoms with Crippen LogP contribution in [0, 0.1) is 17.0 Å². The molecule has 18 heavy (non-hydrogen) atoms. The Bertz CT molecular complexity index is 448. The van der Waals surface area contributed by atoms with Gasteiger partial charge in [0.25, 0.3) is 11.6 Å². The number of nitrogens with zero attached hydrogens (tertiary/aromatic N) is 1. The van der Waals surface area contributed by atoms with Gasteiger partial charge in [-0.05, 0) is 18.6 Å². The number of nitrogens with two attached hydrogens (primary N) is 1. The molecule has 0 unspecified atom stereocenters. The Kier molecular flexibility index (Phi) is 5.22. The van der Waals surface area contributed by atoms with Gasteiger partial charge in [-0.3, -0.25) is 14.9 Å². The Morgan fingerprint density at radius 1 is 1.56 bits per heavy atom. The summed E-state index contributed by atoms with van der Waals surface area (Å²) in [7, 11) is 0. The fraction of sp³-hybridized carbons (Fsp3) is 0.364. The fourth-order valence-corrected chi connectivity index (χ4v) is 1.34. The second kappa shape index (κ2) is 6.67. The molecule has 0 heterocycles. The average molecular weight is 253 g/mol. The predicted octanol–water partition coefficient (Wildman–Crippen LogP) is 0.817. The van der Waals surface area contributed by atoms with Crippen molar-refractivity contribution in [1.82, 2.24) is 0 Å². The number of carbonyl (C=O) groups excluding carboxylic acids is 1. The molecule has 1 rings (SSSR count). The van der Waals surface area contributed by atoms with Crippen LogP contribution in [0.2, 0.25) is 0 Å². The van der Waals surface area contributed by atoms with Crippen molar-refractivity contribution in [3.63, 3.8) is 0 Å². The first-order valence-electron chi connectivity index (χ1n) is 5.37. The number of benzene rings is 1. The van der Waals surface area contributed by atoms with Gasteiger partial charge in [0.15, 0.2) is 0 Å². The maximum absolute atomic E-state index is 11.5. The third-order valence-corrected chi connectivity index (χ3v) is 2.12. The minimum atomic E-state index is -0.546. The van der Waals surface area contributed by atoms with E-state index in [2.05, 4.69) is 5.32 Å². The fourth-order valence-electron chi connectivity index (χ4n) is 1.34. The lowest BCUT2D eigenvalue weighted by Crippen LogP contribution is -2.21. The summed E-state index contributed by atoms with van der Waals surface area (Å²) in [5.74, 6) is -0.447. The molecular formula is C11H15N3O4. The molecule has 1 aromatic rings. The largest absolute Gasteiger partial charge is 0.370 e. The minimum absolute atomic E-state index is 0.146. The summed E-state index contributed by atoms with van der Waals surface area (Å²) >= 11 is 0. The molecule has 1 aromatic carbocycles. The average Bonchev–Trinajstić information content (AvgIpc) is 2.29. The van der Waals surface area contributed by atoms with Crippen LogP contribution in [0.1, 0.15) is 5.56 Å². The van der Waals surface area contributed by atoms with E-state index in [1.54, 1.807) is 19.1 Å². The lowest BCUT2D eigenvalue weighted by Gasteiger charge is -2.07. The highest BCUT2D eigenvalue weighted by Crippen LogP contribution is 2.24. The number of rotatable bonds is 6. The number of nitrogens with one attached hydrogen (secondary N) is 1. The van der Waals surface area contributed by atoms with Crippen molar-refractivity contribution < 1.29 is 14.5 Å². The summed E-state index contributed by atoms with van der Waals surface area (Å²) in [4.78, 5) is 21.7. The van der Waals surface area contributed by atoms with Crippen LogP contribution >= 0.6 is 0 Å². The Balaban J connectivity index is 2.73. The molecule has 98 valence electrons. The number of aryl methyl sites for hydroxylation is 1. The van der Waals surface area contributed by atoms with E-state index in [-0.39, 0.29) is 24.6 Å². The molecule has 0 saturated carbocycles. The number of anilines is 1. The van der Waals surface area contributed by atoms with E-state index in [1.165, 1.54) is 6.07 Å².